The fourth-order valence-electron chi connectivity index (χ4n) is 1.80. The summed E-state index contributed by atoms with van der Waals surface area (Å²) in [6.45, 7) is 3.51. The first kappa shape index (κ1) is 14.0. The summed E-state index contributed by atoms with van der Waals surface area (Å²) in [4.78, 5) is 27.5. The number of nitrogens with zero attached hydrogens (tertiary/aromatic N) is 3. The zero-order valence-corrected chi connectivity index (χ0v) is 11.2. The molecular weight excluding hydrogens is 258 g/mol. The third kappa shape index (κ3) is 3.12. The SMILES string of the molecule is CCn1cc(NC(=O)c2cn(CCN)cn2)ccc1=O. The second-order valence-electron chi connectivity index (χ2n) is 4.28. The molecule has 0 aliphatic heterocycles. The molecule has 2 rings (SSSR count). The van der Waals surface area contributed by atoms with Gasteiger partial charge in [-0.15, -0.1) is 0 Å². The summed E-state index contributed by atoms with van der Waals surface area (Å²) in [5.74, 6) is -0.318. The zero-order chi connectivity index (χ0) is 14.5. The Balaban J connectivity index is 2.12. The predicted molar refractivity (Wildman–Crippen MR) is 75.6 cm³/mol. The number of amides is 1. The summed E-state index contributed by atoms with van der Waals surface area (Å²) in [6, 6.07) is 3.00. The van der Waals surface area contributed by atoms with Gasteiger partial charge in [0, 0.05) is 38.1 Å². The molecule has 7 nitrogen and oxygen atoms in total. The van der Waals surface area contributed by atoms with Gasteiger partial charge in [-0.2, -0.15) is 0 Å². The van der Waals surface area contributed by atoms with Crippen LogP contribution in [0.2, 0.25) is 0 Å². The van der Waals surface area contributed by atoms with Gasteiger partial charge in [0.25, 0.3) is 11.5 Å². The first-order chi connectivity index (χ1) is 9.63. The molecule has 0 aromatic carbocycles. The van der Waals surface area contributed by atoms with Crippen LogP contribution in [0, 0.1) is 0 Å². The molecule has 2 aromatic heterocycles. The van der Waals surface area contributed by atoms with Crippen molar-refractivity contribution in [1.82, 2.24) is 14.1 Å². The van der Waals surface area contributed by atoms with Crippen LogP contribution >= 0.6 is 0 Å². The highest BCUT2D eigenvalue weighted by Gasteiger charge is 2.10. The fourth-order valence-corrected chi connectivity index (χ4v) is 1.80. The molecule has 7 heteroatoms. The number of aryl methyl sites for hydroxylation is 1. The number of nitrogens with two attached hydrogens (primary N) is 1. The molecule has 0 unspecified atom stereocenters. The van der Waals surface area contributed by atoms with Crippen LogP contribution in [0.25, 0.3) is 0 Å². The molecule has 0 atom stereocenters. The van der Waals surface area contributed by atoms with Gasteiger partial charge in [-0.1, -0.05) is 0 Å². The van der Waals surface area contributed by atoms with E-state index in [1.54, 1.807) is 29.4 Å². The smallest absolute Gasteiger partial charge is 0.275 e. The standard InChI is InChI=1S/C13H17N5O2/c1-2-18-7-10(3-4-12(18)19)16-13(20)11-8-17(6-5-14)9-15-11/h3-4,7-9H,2,5-6,14H2,1H3,(H,16,20). The van der Waals surface area contributed by atoms with E-state index in [9.17, 15) is 9.59 Å². The number of carbonyl (C=O) groups excluding carboxylic acids is 1. The van der Waals surface area contributed by atoms with E-state index in [0.29, 0.717) is 31.0 Å². The van der Waals surface area contributed by atoms with Crippen molar-refractivity contribution in [3.8, 4) is 0 Å². The van der Waals surface area contributed by atoms with E-state index in [1.807, 2.05) is 6.92 Å². The van der Waals surface area contributed by atoms with Crippen molar-refractivity contribution in [2.75, 3.05) is 11.9 Å². The molecule has 0 aliphatic rings. The molecule has 106 valence electrons. The molecule has 0 spiro atoms. The molecule has 0 bridgehead atoms. The minimum atomic E-state index is -0.318. The van der Waals surface area contributed by atoms with Crippen LogP contribution in [-0.2, 0) is 13.1 Å². The topological polar surface area (TPSA) is 94.9 Å². The lowest BCUT2D eigenvalue weighted by Gasteiger charge is -2.06. The Morgan fingerprint density at radius 3 is 2.90 bits per heavy atom. The van der Waals surface area contributed by atoms with Crippen molar-refractivity contribution in [1.29, 1.82) is 0 Å². The highest BCUT2D eigenvalue weighted by molar-refractivity contribution is 6.02. The Labute approximate surface area is 116 Å². The van der Waals surface area contributed by atoms with E-state index < -0.39 is 0 Å². The van der Waals surface area contributed by atoms with Gasteiger partial charge in [0.1, 0.15) is 5.69 Å². The summed E-state index contributed by atoms with van der Waals surface area (Å²) in [6.07, 6.45) is 4.81. The number of rotatable bonds is 5. The number of pyridine rings is 1. The number of nitrogens with one attached hydrogen (secondary N) is 1. The number of hydrogen-bond donors (Lipinski definition) is 2. The minimum Gasteiger partial charge on any atom is -0.335 e. The Hall–Kier alpha value is -2.41. The van der Waals surface area contributed by atoms with Crippen molar-refractivity contribution < 1.29 is 4.79 Å². The van der Waals surface area contributed by atoms with E-state index in [4.69, 9.17) is 5.73 Å². The van der Waals surface area contributed by atoms with Gasteiger partial charge in [0.15, 0.2) is 0 Å². The van der Waals surface area contributed by atoms with Gasteiger partial charge in [-0.3, -0.25) is 9.59 Å². The second kappa shape index (κ2) is 6.16. The molecule has 3 N–H and O–H groups in total. The van der Waals surface area contributed by atoms with Gasteiger partial charge in [0.2, 0.25) is 0 Å². The minimum absolute atomic E-state index is 0.0993. The van der Waals surface area contributed by atoms with Crippen molar-refractivity contribution in [3.63, 3.8) is 0 Å². The first-order valence-electron chi connectivity index (χ1n) is 6.37. The van der Waals surface area contributed by atoms with E-state index in [2.05, 4.69) is 10.3 Å². The largest absolute Gasteiger partial charge is 0.335 e. The quantitative estimate of drug-likeness (QED) is 0.819. The van der Waals surface area contributed by atoms with Crippen LogP contribution in [-0.4, -0.2) is 26.6 Å². The Morgan fingerprint density at radius 1 is 1.40 bits per heavy atom. The average Bonchev–Trinajstić information content (AvgIpc) is 2.90. The second-order valence-corrected chi connectivity index (χ2v) is 4.28. The van der Waals surface area contributed by atoms with E-state index in [0.717, 1.165) is 0 Å². The van der Waals surface area contributed by atoms with Gasteiger partial charge in [-0.25, -0.2) is 4.98 Å². The normalized spacial score (nSPS) is 10.5. The van der Waals surface area contributed by atoms with Gasteiger partial charge >= 0.3 is 0 Å². The number of imidazole rings is 1. The zero-order valence-electron chi connectivity index (χ0n) is 11.2. The summed E-state index contributed by atoms with van der Waals surface area (Å²) in [5, 5.41) is 2.71. The molecule has 0 saturated heterocycles. The molecule has 0 aliphatic carbocycles. The van der Waals surface area contributed by atoms with E-state index >= 15 is 0 Å². The van der Waals surface area contributed by atoms with Gasteiger partial charge in [0.05, 0.1) is 12.0 Å². The summed E-state index contributed by atoms with van der Waals surface area (Å²) in [5.41, 5.74) is 6.21. The third-order valence-electron chi connectivity index (χ3n) is 2.84. The predicted octanol–water partition coefficient (Wildman–Crippen LogP) is 0.276. The van der Waals surface area contributed by atoms with Crippen molar-refractivity contribution in [2.45, 2.75) is 20.0 Å². The van der Waals surface area contributed by atoms with Crippen molar-refractivity contribution >= 4 is 11.6 Å². The van der Waals surface area contributed by atoms with Crippen LogP contribution in [0.4, 0.5) is 5.69 Å². The highest BCUT2D eigenvalue weighted by Crippen LogP contribution is 2.06. The maximum Gasteiger partial charge on any atom is 0.275 e. The summed E-state index contributed by atoms with van der Waals surface area (Å²) in [7, 11) is 0. The fraction of sp³-hybridized carbons (Fsp3) is 0.308. The lowest BCUT2D eigenvalue weighted by atomic mass is 10.3. The van der Waals surface area contributed by atoms with Crippen LogP contribution in [0.5, 0.6) is 0 Å². The van der Waals surface area contributed by atoms with E-state index in [1.165, 1.54) is 10.6 Å². The molecule has 2 heterocycles. The van der Waals surface area contributed by atoms with Gasteiger partial charge in [-0.05, 0) is 13.0 Å². The Morgan fingerprint density at radius 2 is 2.20 bits per heavy atom. The van der Waals surface area contributed by atoms with E-state index in [-0.39, 0.29) is 11.5 Å². The van der Waals surface area contributed by atoms with Crippen molar-refractivity contribution in [2.24, 2.45) is 5.73 Å². The van der Waals surface area contributed by atoms with Crippen LogP contribution < -0.4 is 16.6 Å². The van der Waals surface area contributed by atoms with Crippen LogP contribution in [0.3, 0.4) is 0 Å². The highest BCUT2D eigenvalue weighted by atomic mass is 16.2. The Bertz CT molecular complexity index is 659. The number of aromatic nitrogens is 3. The number of carbonyl (C=O) groups is 1. The average molecular weight is 275 g/mol. The molecule has 2 aromatic rings. The molecule has 20 heavy (non-hydrogen) atoms. The first-order valence-corrected chi connectivity index (χ1v) is 6.37. The van der Waals surface area contributed by atoms with Crippen LogP contribution in [0.1, 0.15) is 17.4 Å². The maximum absolute atomic E-state index is 12.0. The summed E-state index contributed by atoms with van der Waals surface area (Å²) >= 11 is 0. The lowest BCUT2D eigenvalue weighted by Crippen LogP contribution is -2.20. The molecular formula is C13H17N5O2. The number of hydrogen-bond acceptors (Lipinski definition) is 4. The Kier molecular flexibility index (Phi) is 4.31. The van der Waals surface area contributed by atoms with Crippen molar-refractivity contribution in [3.05, 3.63) is 46.9 Å². The molecule has 0 fully saturated rings. The summed E-state index contributed by atoms with van der Waals surface area (Å²) < 4.78 is 3.27. The third-order valence-corrected chi connectivity index (χ3v) is 2.84. The lowest BCUT2D eigenvalue weighted by molar-refractivity contribution is 0.102. The molecule has 0 saturated carbocycles. The van der Waals surface area contributed by atoms with Gasteiger partial charge < -0.3 is 20.2 Å². The van der Waals surface area contributed by atoms with Crippen LogP contribution in [0.15, 0.2) is 35.6 Å². The maximum atomic E-state index is 12.0. The molecule has 0 radical (unpaired) electrons. The number of anilines is 1. The molecule has 1 amide bonds. The monoisotopic (exact) mass is 275 g/mol.